The molecule has 1 fully saturated rings. The maximum atomic E-state index is 12.4. The van der Waals surface area contributed by atoms with Gasteiger partial charge in [0.25, 0.3) is 0 Å². The molecule has 21 heavy (non-hydrogen) atoms. The zero-order valence-corrected chi connectivity index (χ0v) is 14.5. The minimum absolute atomic E-state index is 0.000393. The van der Waals surface area contributed by atoms with Crippen LogP contribution in [0.25, 0.3) is 0 Å². The van der Waals surface area contributed by atoms with Crippen molar-refractivity contribution in [2.75, 3.05) is 26.2 Å². The summed E-state index contributed by atoms with van der Waals surface area (Å²) in [5.74, 6) is 0.888. The fourth-order valence-electron chi connectivity index (χ4n) is 3.08. The minimum atomic E-state index is -0.000393. The molecule has 1 aliphatic heterocycles. The van der Waals surface area contributed by atoms with Crippen LogP contribution < -0.4 is 10.6 Å². The summed E-state index contributed by atoms with van der Waals surface area (Å²) in [5.41, 5.74) is 0. The van der Waals surface area contributed by atoms with Gasteiger partial charge in [-0.15, -0.1) is 0 Å². The van der Waals surface area contributed by atoms with Crippen molar-refractivity contribution in [3.63, 3.8) is 0 Å². The van der Waals surface area contributed by atoms with Crippen molar-refractivity contribution in [3.8, 4) is 0 Å². The highest BCUT2D eigenvalue weighted by molar-refractivity contribution is 5.81. The van der Waals surface area contributed by atoms with Crippen LogP contribution in [0.3, 0.4) is 0 Å². The molecule has 2 unspecified atom stereocenters. The van der Waals surface area contributed by atoms with Gasteiger partial charge >= 0.3 is 0 Å². The van der Waals surface area contributed by atoms with Crippen molar-refractivity contribution in [3.05, 3.63) is 0 Å². The van der Waals surface area contributed by atoms with E-state index < -0.39 is 0 Å². The third-order valence-corrected chi connectivity index (χ3v) is 4.67. The van der Waals surface area contributed by atoms with Crippen LogP contribution in [0, 0.1) is 5.92 Å². The number of piperidine rings is 1. The molecular weight excluding hydrogens is 262 g/mol. The zero-order chi connectivity index (χ0) is 15.7. The molecule has 1 amide bonds. The molecule has 0 spiro atoms. The van der Waals surface area contributed by atoms with E-state index in [1.165, 1.54) is 19.3 Å². The molecular formula is C17H35N3O. The summed E-state index contributed by atoms with van der Waals surface area (Å²) in [4.78, 5) is 14.7. The molecule has 4 heteroatoms. The van der Waals surface area contributed by atoms with Crippen LogP contribution >= 0.6 is 0 Å². The summed E-state index contributed by atoms with van der Waals surface area (Å²) in [6.07, 6.45) is 5.71. The average Bonchev–Trinajstić information content (AvgIpc) is 2.52. The Bertz CT molecular complexity index is 292. The molecule has 1 rings (SSSR count). The molecule has 124 valence electrons. The highest BCUT2D eigenvalue weighted by atomic mass is 16.2. The Morgan fingerprint density at radius 3 is 2.62 bits per heavy atom. The normalized spacial score (nSPS) is 21.5. The molecule has 0 aromatic heterocycles. The number of hydrogen-bond donors (Lipinski definition) is 2. The van der Waals surface area contributed by atoms with Gasteiger partial charge in [0.1, 0.15) is 0 Å². The van der Waals surface area contributed by atoms with Crippen molar-refractivity contribution in [2.45, 2.75) is 71.9 Å². The summed E-state index contributed by atoms with van der Waals surface area (Å²) < 4.78 is 0. The number of rotatable bonds is 9. The second-order valence-electron chi connectivity index (χ2n) is 6.41. The number of carbonyl (C=O) groups excluding carboxylic acids is 1. The van der Waals surface area contributed by atoms with Gasteiger partial charge in [0, 0.05) is 12.6 Å². The lowest BCUT2D eigenvalue weighted by molar-refractivity contribution is -0.127. The lowest BCUT2D eigenvalue weighted by atomic mass is 9.96. The summed E-state index contributed by atoms with van der Waals surface area (Å²) in [5, 5.41) is 6.70. The Morgan fingerprint density at radius 1 is 1.29 bits per heavy atom. The van der Waals surface area contributed by atoms with E-state index in [0.29, 0.717) is 12.0 Å². The van der Waals surface area contributed by atoms with E-state index in [1.807, 2.05) is 0 Å². The second-order valence-corrected chi connectivity index (χ2v) is 6.41. The maximum absolute atomic E-state index is 12.4. The van der Waals surface area contributed by atoms with Crippen LogP contribution in [-0.2, 0) is 4.79 Å². The monoisotopic (exact) mass is 297 g/mol. The van der Waals surface area contributed by atoms with Gasteiger partial charge in [0.05, 0.1) is 6.04 Å². The van der Waals surface area contributed by atoms with Crippen LogP contribution in [-0.4, -0.2) is 49.1 Å². The molecule has 0 radical (unpaired) electrons. The molecule has 2 N–H and O–H groups in total. The van der Waals surface area contributed by atoms with Crippen molar-refractivity contribution in [1.82, 2.24) is 15.5 Å². The third kappa shape index (κ3) is 6.35. The van der Waals surface area contributed by atoms with E-state index >= 15 is 0 Å². The van der Waals surface area contributed by atoms with Crippen molar-refractivity contribution in [2.24, 2.45) is 5.92 Å². The number of nitrogens with one attached hydrogen (secondary N) is 2. The largest absolute Gasteiger partial charge is 0.352 e. The fourth-order valence-corrected chi connectivity index (χ4v) is 3.08. The predicted octanol–water partition coefficient (Wildman–Crippen LogP) is 2.39. The fraction of sp³-hybridized carbons (Fsp3) is 0.941. The van der Waals surface area contributed by atoms with E-state index in [1.54, 1.807) is 0 Å². The first-order valence-electron chi connectivity index (χ1n) is 8.87. The summed E-state index contributed by atoms with van der Waals surface area (Å²) in [6.45, 7) is 12.8. The number of carbonyl (C=O) groups is 1. The Hall–Kier alpha value is -0.610. The molecule has 0 aromatic carbocycles. The Morgan fingerprint density at radius 2 is 2.00 bits per heavy atom. The van der Waals surface area contributed by atoms with Crippen LogP contribution in [0.1, 0.15) is 59.8 Å². The molecule has 2 atom stereocenters. The van der Waals surface area contributed by atoms with Crippen LogP contribution in [0.4, 0.5) is 0 Å². The van der Waals surface area contributed by atoms with Gasteiger partial charge < -0.3 is 10.6 Å². The van der Waals surface area contributed by atoms with Gasteiger partial charge in [-0.25, -0.2) is 0 Å². The molecule has 0 aromatic rings. The van der Waals surface area contributed by atoms with Gasteiger partial charge in [-0.05, 0) is 64.6 Å². The maximum Gasteiger partial charge on any atom is 0.237 e. The Labute approximate surface area is 131 Å². The van der Waals surface area contributed by atoms with Gasteiger partial charge in [-0.2, -0.15) is 0 Å². The Kier molecular flexibility index (Phi) is 8.93. The topological polar surface area (TPSA) is 44.4 Å². The second kappa shape index (κ2) is 10.2. The first-order valence-corrected chi connectivity index (χ1v) is 8.87. The highest BCUT2D eigenvalue weighted by Gasteiger charge is 2.27. The Balaban J connectivity index is 2.41. The number of likely N-dealkylation sites (tertiary alicyclic amines) is 1. The predicted molar refractivity (Wildman–Crippen MR) is 89.4 cm³/mol. The first kappa shape index (κ1) is 18.4. The number of hydrogen-bond acceptors (Lipinski definition) is 3. The quantitative estimate of drug-likeness (QED) is 0.642. The smallest absolute Gasteiger partial charge is 0.237 e. The zero-order valence-electron chi connectivity index (χ0n) is 14.5. The van der Waals surface area contributed by atoms with Gasteiger partial charge in [0.2, 0.25) is 5.91 Å². The summed E-state index contributed by atoms with van der Waals surface area (Å²) in [6, 6.07) is 0.325. The van der Waals surface area contributed by atoms with E-state index in [4.69, 9.17) is 0 Å². The molecule has 0 aliphatic carbocycles. The standard InChI is InChI=1S/C17H35N3O/c1-5-10-18-12-15-9-8-11-20(13-15)14(4)17(21)19-16(6-2)7-3/h14-16,18H,5-13H2,1-4H3,(H,19,21). The van der Waals surface area contributed by atoms with E-state index in [0.717, 1.165) is 39.0 Å². The summed E-state index contributed by atoms with van der Waals surface area (Å²) in [7, 11) is 0. The average molecular weight is 297 g/mol. The van der Waals surface area contributed by atoms with Crippen molar-refractivity contribution < 1.29 is 4.79 Å². The molecule has 1 saturated heterocycles. The molecule has 1 heterocycles. The van der Waals surface area contributed by atoms with Gasteiger partial charge in [-0.1, -0.05) is 20.8 Å². The van der Waals surface area contributed by atoms with Crippen molar-refractivity contribution in [1.29, 1.82) is 0 Å². The number of amides is 1. The van der Waals surface area contributed by atoms with Crippen LogP contribution in [0.5, 0.6) is 0 Å². The lowest BCUT2D eigenvalue weighted by Gasteiger charge is -2.36. The number of nitrogens with zero attached hydrogens (tertiary/aromatic N) is 1. The molecule has 1 aliphatic rings. The van der Waals surface area contributed by atoms with Crippen molar-refractivity contribution >= 4 is 5.91 Å². The first-order chi connectivity index (χ1) is 10.1. The molecule has 4 nitrogen and oxygen atoms in total. The van der Waals surface area contributed by atoms with Crippen LogP contribution in [0.15, 0.2) is 0 Å². The molecule has 0 bridgehead atoms. The highest BCUT2D eigenvalue weighted by Crippen LogP contribution is 2.18. The third-order valence-electron chi connectivity index (χ3n) is 4.67. The van der Waals surface area contributed by atoms with Gasteiger partial charge in [0.15, 0.2) is 0 Å². The van der Waals surface area contributed by atoms with E-state index in [-0.39, 0.29) is 11.9 Å². The van der Waals surface area contributed by atoms with Crippen LogP contribution in [0.2, 0.25) is 0 Å². The summed E-state index contributed by atoms with van der Waals surface area (Å²) >= 11 is 0. The SMILES string of the molecule is CCCNCC1CCCN(C(C)C(=O)NC(CC)CC)C1. The minimum Gasteiger partial charge on any atom is -0.352 e. The lowest BCUT2D eigenvalue weighted by Crippen LogP contribution is -2.51. The molecule has 0 saturated carbocycles. The van der Waals surface area contributed by atoms with Gasteiger partial charge in [-0.3, -0.25) is 9.69 Å². The van der Waals surface area contributed by atoms with E-state index in [9.17, 15) is 4.79 Å². The van der Waals surface area contributed by atoms with E-state index in [2.05, 4.69) is 43.2 Å².